The van der Waals surface area contributed by atoms with Gasteiger partial charge in [-0.05, 0) is 106 Å². The lowest BCUT2D eigenvalue weighted by molar-refractivity contribution is 0.0109. The Kier molecular flexibility index (Phi) is 9.22. The molecule has 2 aliphatic carbocycles. The molecule has 3 aromatic rings. The summed E-state index contributed by atoms with van der Waals surface area (Å²) in [7, 11) is 0. The summed E-state index contributed by atoms with van der Waals surface area (Å²) in [6, 6.07) is 6.75. The molecule has 0 atom stereocenters. The Bertz CT molecular complexity index is 1490. The predicted molar refractivity (Wildman–Crippen MR) is 147 cm³/mol. The number of hydrogen-bond acceptors (Lipinski definition) is 4. The van der Waals surface area contributed by atoms with Gasteiger partial charge in [0.2, 0.25) is 11.6 Å². The van der Waals surface area contributed by atoms with Gasteiger partial charge < -0.3 is 14.6 Å². The summed E-state index contributed by atoms with van der Waals surface area (Å²) in [4.78, 5) is 12.7. The number of halogens is 6. The first kappa shape index (κ1) is 30.8. The molecule has 4 nitrogen and oxygen atoms in total. The van der Waals surface area contributed by atoms with Crippen LogP contribution in [0.3, 0.4) is 0 Å². The van der Waals surface area contributed by atoms with Gasteiger partial charge in [0.1, 0.15) is 6.10 Å². The van der Waals surface area contributed by atoms with Crippen LogP contribution in [-0.2, 0) is 4.74 Å². The van der Waals surface area contributed by atoms with Crippen LogP contribution >= 0.6 is 0 Å². The Morgan fingerprint density at radius 1 is 0.698 bits per heavy atom. The molecule has 0 aliphatic heterocycles. The van der Waals surface area contributed by atoms with Crippen LogP contribution in [0.1, 0.15) is 80.1 Å². The Labute approximate surface area is 245 Å². The lowest BCUT2D eigenvalue weighted by Gasteiger charge is -2.37. The highest BCUT2D eigenvalue weighted by atomic mass is 19.2. The first-order chi connectivity index (χ1) is 20.6. The summed E-state index contributed by atoms with van der Waals surface area (Å²) in [6.07, 6.45) is 5.40. The molecule has 2 fully saturated rings. The molecule has 230 valence electrons. The molecule has 0 heterocycles. The number of carbonyl (C=O) groups excluding carboxylic acids is 1. The van der Waals surface area contributed by atoms with Gasteiger partial charge >= 0.3 is 5.97 Å². The number of esters is 1. The monoisotopic (exact) mass is 606 g/mol. The lowest BCUT2D eigenvalue weighted by Crippen LogP contribution is -2.30. The highest BCUT2D eigenvalue weighted by Gasteiger charge is 2.34. The Hall–Kier alpha value is -3.69. The van der Waals surface area contributed by atoms with Crippen molar-refractivity contribution in [3.8, 4) is 22.6 Å². The quantitative estimate of drug-likeness (QED) is 0.216. The maximum atomic E-state index is 14.8. The number of ether oxygens (including phenoxy) is 2. The van der Waals surface area contributed by atoms with Gasteiger partial charge in [0.25, 0.3) is 0 Å². The third kappa shape index (κ3) is 6.19. The molecular weight excluding hydrogens is 574 g/mol. The van der Waals surface area contributed by atoms with Crippen molar-refractivity contribution < 1.29 is 45.7 Å². The summed E-state index contributed by atoms with van der Waals surface area (Å²) < 4.78 is 97.3. The van der Waals surface area contributed by atoms with E-state index in [1.807, 2.05) is 0 Å². The zero-order chi connectivity index (χ0) is 30.8. The van der Waals surface area contributed by atoms with Crippen LogP contribution in [-0.4, -0.2) is 23.8 Å². The predicted octanol–water partition coefficient (Wildman–Crippen LogP) is 8.98. The fourth-order valence-electron chi connectivity index (χ4n) is 6.59. The minimum absolute atomic E-state index is 0.0649. The van der Waals surface area contributed by atoms with Gasteiger partial charge in [-0.3, -0.25) is 0 Å². The Morgan fingerprint density at radius 2 is 1.28 bits per heavy atom. The first-order valence-electron chi connectivity index (χ1n) is 14.6. The molecule has 0 spiro atoms. The molecule has 0 aromatic heterocycles. The molecule has 43 heavy (non-hydrogen) atoms. The minimum Gasteiger partial charge on any atom is -0.505 e. The molecule has 5 rings (SSSR count). The maximum absolute atomic E-state index is 14.8. The highest BCUT2D eigenvalue weighted by molar-refractivity contribution is 5.90. The first-order valence-corrected chi connectivity index (χ1v) is 14.6. The average molecular weight is 607 g/mol. The molecule has 2 aliphatic rings. The van der Waals surface area contributed by atoms with E-state index in [4.69, 9.17) is 9.47 Å². The highest BCUT2D eigenvalue weighted by Crippen LogP contribution is 2.44. The molecule has 3 aromatic carbocycles. The Morgan fingerprint density at radius 3 is 1.91 bits per heavy atom. The second-order valence-corrected chi connectivity index (χ2v) is 11.3. The van der Waals surface area contributed by atoms with Crippen molar-refractivity contribution in [2.75, 3.05) is 6.61 Å². The SMILES string of the molecule is CCOc1ccc(C2CCC(C3CCC(OC(=O)c4ccc(-c5ccc(O)c(F)c5F)c(F)c4F)CC3)CC2)c(F)c1F. The minimum atomic E-state index is -1.60. The van der Waals surface area contributed by atoms with Crippen molar-refractivity contribution in [2.24, 2.45) is 11.8 Å². The average Bonchev–Trinajstić information content (AvgIpc) is 3.01. The van der Waals surface area contributed by atoms with E-state index in [1.54, 1.807) is 13.0 Å². The fraction of sp³-hybridized carbons (Fsp3) is 0.424. The van der Waals surface area contributed by atoms with Crippen LogP contribution in [0.2, 0.25) is 0 Å². The molecule has 1 N–H and O–H groups in total. The van der Waals surface area contributed by atoms with E-state index >= 15 is 0 Å². The van der Waals surface area contributed by atoms with Crippen LogP contribution in [0.15, 0.2) is 36.4 Å². The maximum Gasteiger partial charge on any atom is 0.341 e. The number of aromatic hydroxyl groups is 1. The Balaban J connectivity index is 1.15. The van der Waals surface area contributed by atoms with Crippen molar-refractivity contribution >= 4 is 5.97 Å². The fourth-order valence-corrected chi connectivity index (χ4v) is 6.59. The summed E-state index contributed by atoms with van der Waals surface area (Å²) in [5.74, 6) is -9.38. The molecule has 0 bridgehead atoms. The number of hydrogen-bond donors (Lipinski definition) is 1. The molecule has 0 radical (unpaired) electrons. The van der Waals surface area contributed by atoms with Crippen molar-refractivity contribution in [1.82, 2.24) is 0 Å². The number of carbonyl (C=O) groups is 1. The van der Waals surface area contributed by atoms with Gasteiger partial charge in [0.05, 0.1) is 12.2 Å². The van der Waals surface area contributed by atoms with Crippen LogP contribution in [0, 0.1) is 46.7 Å². The van der Waals surface area contributed by atoms with Crippen molar-refractivity contribution in [3.63, 3.8) is 0 Å². The summed E-state index contributed by atoms with van der Waals surface area (Å²) in [5.41, 5.74) is -1.47. The zero-order valence-corrected chi connectivity index (χ0v) is 23.6. The topological polar surface area (TPSA) is 55.8 Å². The number of rotatable bonds is 7. The van der Waals surface area contributed by atoms with E-state index in [1.165, 1.54) is 6.07 Å². The van der Waals surface area contributed by atoms with Gasteiger partial charge in [-0.1, -0.05) is 12.1 Å². The zero-order valence-electron chi connectivity index (χ0n) is 23.6. The van der Waals surface area contributed by atoms with Crippen LogP contribution < -0.4 is 4.74 Å². The van der Waals surface area contributed by atoms with E-state index < -0.39 is 69.4 Å². The number of phenolic OH excluding ortho intramolecular Hbond substituents is 1. The normalized spacial score (nSPS) is 22.3. The molecular formula is C33H32F6O4. The summed E-state index contributed by atoms with van der Waals surface area (Å²) in [5, 5.41) is 9.28. The van der Waals surface area contributed by atoms with E-state index in [-0.39, 0.29) is 18.3 Å². The van der Waals surface area contributed by atoms with Crippen molar-refractivity contribution in [3.05, 3.63) is 82.4 Å². The molecule has 10 heteroatoms. The van der Waals surface area contributed by atoms with Gasteiger partial charge in [-0.25, -0.2) is 22.4 Å². The van der Waals surface area contributed by atoms with Crippen LogP contribution in [0.4, 0.5) is 26.3 Å². The van der Waals surface area contributed by atoms with E-state index in [2.05, 4.69) is 0 Å². The lowest BCUT2D eigenvalue weighted by atomic mass is 9.69. The molecule has 0 saturated heterocycles. The molecule has 0 unspecified atom stereocenters. The third-order valence-corrected chi connectivity index (χ3v) is 8.90. The van der Waals surface area contributed by atoms with Crippen molar-refractivity contribution in [2.45, 2.75) is 70.3 Å². The van der Waals surface area contributed by atoms with Crippen LogP contribution in [0.5, 0.6) is 11.5 Å². The van der Waals surface area contributed by atoms with E-state index in [0.717, 1.165) is 62.8 Å². The standard InChI is InChI=1S/C33H32F6O4/c1-2-42-26-16-14-21(27(34)32(26)39)19-5-3-17(4-6-19)18-7-9-20(10-8-18)43-33(41)24-12-11-22(28(35)30(24)37)23-13-15-25(40)31(38)29(23)36/h11-20,40H,2-10H2,1H3. The van der Waals surface area contributed by atoms with Gasteiger partial charge in [0.15, 0.2) is 34.8 Å². The van der Waals surface area contributed by atoms with E-state index in [9.17, 15) is 36.2 Å². The van der Waals surface area contributed by atoms with Gasteiger partial charge in [-0.15, -0.1) is 0 Å². The van der Waals surface area contributed by atoms with Gasteiger partial charge in [0, 0.05) is 11.1 Å². The summed E-state index contributed by atoms with van der Waals surface area (Å²) in [6.45, 7) is 1.96. The second kappa shape index (κ2) is 12.9. The van der Waals surface area contributed by atoms with Crippen molar-refractivity contribution in [1.29, 1.82) is 0 Å². The largest absolute Gasteiger partial charge is 0.505 e. The number of phenols is 1. The summed E-state index contributed by atoms with van der Waals surface area (Å²) >= 11 is 0. The molecule has 0 amide bonds. The van der Waals surface area contributed by atoms with Crippen LogP contribution in [0.25, 0.3) is 11.1 Å². The van der Waals surface area contributed by atoms with Gasteiger partial charge in [-0.2, -0.15) is 8.78 Å². The smallest absolute Gasteiger partial charge is 0.341 e. The van der Waals surface area contributed by atoms with E-state index in [0.29, 0.717) is 30.2 Å². The third-order valence-electron chi connectivity index (χ3n) is 8.90. The molecule has 2 saturated carbocycles. The second-order valence-electron chi connectivity index (χ2n) is 11.3. The number of benzene rings is 3.